The van der Waals surface area contributed by atoms with Gasteiger partial charge in [-0.25, -0.2) is 0 Å². The number of benzene rings is 2. The summed E-state index contributed by atoms with van der Waals surface area (Å²) in [6.45, 7) is 9.59. The van der Waals surface area contributed by atoms with Crippen molar-refractivity contribution in [1.82, 2.24) is 10.2 Å². The van der Waals surface area contributed by atoms with Crippen molar-refractivity contribution in [2.24, 2.45) is 0 Å². The highest BCUT2D eigenvalue weighted by Crippen LogP contribution is 2.37. The molecule has 6 heteroatoms. The first-order valence-corrected chi connectivity index (χ1v) is 10.8. The Kier molecular flexibility index (Phi) is 9.09. The summed E-state index contributed by atoms with van der Waals surface area (Å²) in [7, 11) is 0. The molecule has 0 aliphatic carbocycles. The Morgan fingerprint density at radius 2 is 1.86 bits per heavy atom. The summed E-state index contributed by atoms with van der Waals surface area (Å²) in [6.07, 6.45) is 1.12. The number of ether oxygens (including phenoxy) is 3. The number of hydrogen-bond donors (Lipinski definition) is 1. The van der Waals surface area contributed by atoms with E-state index in [4.69, 9.17) is 25.8 Å². The van der Waals surface area contributed by atoms with Crippen molar-refractivity contribution in [3.05, 3.63) is 58.6 Å². The zero-order valence-electron chi connectivity index (χ0n) is 17.2. The van der Waals surface area contributed by atoms with E-state index in [0.29, 0.717) is 29.7 Å². The molecule has 0 spiro atoms. The maximum absolute atomic E-state index is 6.53. The van der Waals surface area contributed by atoms with Crippen molar-refractivity contribution in [3.63, 3.8) is 0 Å². The summed E-state index contributed by atoms with van der Waals surface area (Å²) in [5.41, 5.74) is 2.19. The highest BCUT2D eigenvalue weighted by Gasteiger charge is 2.13. The lowest BCUT2D eigenvalue weighted by atomic mass is 10.2. The molecule has 0 saturated carbocycles. The Balaban J connectivity index is 1.51. The van der Waals surface area contributed by atoms with Gasteiger partial charge >= 0.3 is 0 Å². The van der Waals surface area contributed by atoms with Gasteiger partial charge < -0.3 is 19.5 Å². The molecule has 0 unspecified atom stereocenters. The van der Waals surface area contributed by atoms with Gasteiger partial charge in [0.1, 0.15) is 6.61 Å². The molecular weight excluding hydrogens is 388 g/mol. The maximum Gasteiger partial charge on any atom is 0.180 e. The first-order valence-electron chi connectivity index (χ1n) is 10.4. The topological polar surface area (TPSA) is 43.0 Å². The van der Waals surface area contributed by atoms with Crippen molar-refractivity contribution in [2.45, 2.75) is 26.5 Å². The zero-order chi connectivity index (χ0) is 20.3. The lowest BCUT2D eigenvalue weighted by molar-refractivity contribution is 0.0374. The third kappa shape index (κ3) is 7.19. The van der Waals surface area contributed by atoms with Crippen molar-refractivity contribution in [2.75, 3.05) is 46.0 Å². The van der Waals surface area contributed by atoms with Gasteiger partial charge in [-0.05, 0) is 49.7 Å². The minimum absolute atomic E-state index is 0.458. The van der Waals surface area contributed by atoms with Crippen LogP contribution >= 0.6 is 11.6 Å². The summed E-state index contributed by atoms with van der Waals surface area (Å²) >= 11 is 6.53. The van der Waals surface area contributed by atoms with Crippen LogP contribution in [0.25, 0.3) is 0 Å². The first kappa shape index (κ1) is 21.9. The van der Waals surface area contributed by atoms with Crippen LogP contribution in [-0.4, -0.2) is 50.9 Å². The molecule has 0 aromatic heterocycles. The molecule has 0 bridgehead atoms. The van der Waals surface area contributed by atoms with Crippen molar-refractivity contribution >= 4 is 11.6 Å². The van der Waals surface area contributed by atoms with Crippen LogP contribution in [-0.2, 0) is 17.9 Å². The molecule has 2 aromatic carbocycles. The third-order valence-corrected chi connectivity index (χ3v) is 5.14. The van der Waals surface area contributed by atoms with Gasteiger partial charge in [0.25, 0.3) is 0 Å². The number of halogens is 1. The molecule has 1 heterocycles. The van der Waals surface area contributed by atoms with Crippen molar-refractivity contribution < 1.29 is 14.2 Å². The predicted octanol–water partition coefficient (Wildman–Crippen LogP) is 4.13. The van der Waals surface area contributed by atoms with E-state index in [0.717, 1.165) is 63.5 Å². The highest BCUT2D eigenvalue weighted by atomic mass is 35.5. The van der Waals surface area contributed by atoms with Gasteiger partial charge in [0.15, 0.2) is 11.5 Å². The number of rotatable bonds is 11. The Morgan fingerprint density at radius 1 is 1.07 bits per heavy atom. The molecule has 1 fully saturated rings. The quantitative estimate of drug-likeness (QED) is 0.556. The summed E-state index contributed by atoms with van der Waals surface area (Å²) in [6, 6.07) is 14.0. The fourth-order valence-corrected chi connectivity index (χ4v) is 3.63. The molecule has 0 amide bonds. The van der Waals surface area contributed by atoms with Crippen LogP contribution in [0.5, 0.6) is 11.5 Å². The van der Waals surface area contributed by atoms with Crippen LogP contribution in [0.15, 0.2) is 42.5 Å². The minimum Gasteiger partial charge on any atom is -0.490 e. The average molecular weight is 419 g/mol. The van der Waals surface area contributed by atoms with E-state index in [1.54, 1.807) is 0 Å². The molecule has 29 heavy (non-hydrogen) atoms. The molecule has 1 saturated heterocycles. The smallest absolute Gasteiger partial charge is 0.180 e. The minimum atomic E-state index is 0.458. The van der Waals surface area contributed by atoms with Crippen LogP contribution in [0.3, 0.4) is 0 Å². The van der Waals surface area contributed by atoms with Crippen LogP contribution in [0.4, 0.5) is 0 Å². The predicted molar refractivity (Wildman–Crippen MR) is 117 cm³/mol. The average Bonchev–Trinajstić information content (AvgIpc) is 2.75. The van der Waals surface area contributed by atoms with Gasteiger partial charge in [-0.2, -0.15) is 0 Å². The second kappa shape index (κ2) is 12.0. The van der Waals surface area contributed by atoms with Crippen molar-refractivity contribution in [1.29, 1.82) is 0 Å². The molecule has 1 N–H and O–H groups in total. The Morgan fingerprint density at radius 3 is 2.62 bits per heavy atom. The van der Waals surface area contributed by atoms with Crippen molar-refractivity contribution in [3.8, 4) is 11.5 Å². The standard InChI is InChI=1S/C23H31ClN2O3/c1-2-28-22-16-20(17-25-9-6-10-26-11-13-27-14-12-26)15-21(24)23(22)29-18-19-7-4-3-5-8-19/h3-5,7-8,15-16,25H,2,6,9-14,17-18H2,1H3. The fraction of sp³-hybridized carbons (Fsp3) is 0.478. The van der Waals surface area contributed by atoms with Gasteiger partial charge in [0.2, 0.25) is 0 Å². The summed E-state index contributed by atoms with van der Waals surface area (Å²) in [4.78, 5) is 2.45. The second-order valence-corrected chi connectivity index (χ2v) is 7.50. The van der Waals surface area contributed by atoms with Crippen LogP contribution in [0.2, 0.25) is 5.02 Å². The Labute approximate surface area is 178 Å². The SMILES string of the molecule is CCOc1cc(CNCCCN2CCOCC2)cc(Cl)c1OCc1ccccc1. The zero-order valence-corrected chi connectivity index (χ0v) is 17.9. The maximum atomic E-state index is 6.53. The molecule has 0 radical (unpaired) electrons. The second-order valence-electron chi connectivity index (χ2n) is 7.10. The van der Waals surface area contributed by atoms with Gasteiger partial charge in [-0.15, -0.1) is 0 Å². The van der Waals surface area contributed by atoms with E-state index in [9.17, 15) is 0 Å². The van der Waals surface area contributed by atoms with E-state index in [1.807, 2.05) is 49.4 Å². The Bertz CT molecular complexity index is 736. The highest BCUT2D eigenvalue weighted by molar-refractivity contribution is 6.32. The monoisotopic (exact) mass is 418 g/mol. The summed E-state index contributed by atoms with van der Waals surface area (Å²) in [5, 5.41) is 4.08. The number of nitrogens with one attached hydrogen (secondary N) is 1. The third-order valence-electron chi connectivity index (χ3n) is 4.86. The number of morpholine rings is 1. The molecule has 1 aliphatic heterocycles. The van der Waals surface area contributed by atoms with Gasteiger partial charge in [-0.1, -0.05) is 41.9 Å². The van der Waals surface area contributed by atoms with E-state index in [2.05, 4.69) is 10.2 Å². The molecular formula is C23H31ClN2O3. The van der Waals surface area contributed by atoms with E-state index in [-0.39, 0.29) is 0 Å². The van der Waals surface area contributed by atoms with Gasteiger partial charge in [0.05, 0.1) is 24.8 Å². The number of nitrogens with zero attached hydrogens (tertiary/aromatic N) is 1. The summed E-state index contributed by atoms with van der Waals surface area (Å²) in [5.74, 6) is 1.30. The molecule has 158 valence electrons. The van der Waals surface area contributed by atoms with E-state index in [1.165, 1.54) is 0 Å². The first-order chi connectivity index (χ1) is 14.3. The molecule has 0 atom stereocenters. The van der Waals surface area contributed by atoms with Crippen LogP contribution in [0, 0.1) is 0 Å². The number of hydrogen-bond acceptors (Lipinski definition) is 5. The Hall–Kier alpha value is -1.79. The normalized spacial score (nSPS) is 14.7. The lowest BCUT2D eigenvalue weighted by Crippen LogP contribution is -2.37. The fourth-order valence-electron chi connectivity index (χ4n) is 3.34. The largest absolute Gasteiger partial charge is 0.490 e. The van der Waals surface area contributed by atoms with Crippen LogP contribution < -0.4 is 14.8 Å². The molecule has 3 rings (SSSR count). The summed E-state index contributed by atoms with van der Waals surface area (Å²) < 4.78 is 17.2. The molecule has 1 aliphatic rings. The van der Waals surface area contributed by atoms with E-state index >= 15 is 0 Å². The molecule has 2 aromatic rings. The van der Waals surface area contributed by atoms with Crippen LogP contribution in [0.1, 0.15) is 24.5 Å². The molecule has 5 nitrogen and oxygen atoms in total. The van der Waals surface area contributed by atoms with Gasteiger partial charge in [-0.3, -0.25) is 4.90 Å². The van der Waals surface area contributed by atoms with Gasteiger partial charge in [0, 0.05) is 19.6 Å². The lowest BCUT2D eigenvalue weighted by Gasteiger charge is -2.26. The van der Waals surface area contributed by atoms with E-state index < -0.39 is 0 Å².